The molecule has 2 N–H and O–H groups in total. The van der Waals surface area contributed by atoms with Crippen LogP contribution in [0.1, 0.15) is 17.0 Å². The number of nitriles is 1. The van der Waals surface area contributed by atoms with Crippen molar-refractivity contribution >= 4 is 17.6 Å². The van der Waals surface area contributed by atoms with E-state index in [1.54, 1.807) is 54.6 Å². The van der Waals surface area contributed by atoms with Crippen molar-refractivity contribution in [2.45, 2.75) is 12.5 Å². The van der Waals surface area contributed by atoms with Crippen LogP contribution in [0.25, 0.3) is 0 Å². The molecule has 0 bridgehead atoms. The average molecular weight is 496 g/mol. The van der Waals surface area contributed by atoms with Gasteiger partial charge in [0.1, 0.15) is 23.9 Å². The van der Waals surface area contributed by atoms with Gasteiger partial charge in [0.25, 0.3) is 0 Å². The van der Waals surface area contributed by atoms with Gasteiger partial charge in [-0.2, -0.15) is 5.26 Å². The minimum atomic E-state index is -0.929. The first-order valence-corrected chi connectivity index (χ1v) is 11.4. The fourth-order valence-electron chi connectivity index (χ4n) is 4.23. The summed E-state index contributed by atoms with van der Waals surface area (Å²) in [7, 11) is 2.42. The van der Waals surface area contributed by atoms with Crippen molar-refractivity contribution in [2.75, 3.05) is 19.1 Å². The third-order valence-electron chi connectivity index (χ3n) is 5.93. The topological polar surface area (TPSA) is 115 Å². The van der Waals surface area contributed by atoms with E-state index < -0.39 is 17.9 Å². The third-order valence-corrected chi connectivity index (χ3v) is 5.93. The number of methoxy groups -OCH3 is 2. The molecule has 8 heteroatoms. The second-order valence-electron chi connectivity index (χ2n) is 8.11. The normalized spacial score (nSPS) is 15.2. The number of rotatable bonds is 7. The van der Waals surface area contributed by atoms with Gasteiger partial charge in [0.05, 0.1) is 43.0 Å². The summed E-state index contributed by atoms with van der Waals surface area (Å²) in [5.74, 6) is -2.03. The number of hydrogen-bond donors (Lipinski definition) is 1. The molecule has 0 saturated carbocycles. The van der Waals surface area contributed by atoms with Gasteiger partial charge >= 0.3 is 11.9 Å². The van der Waals surface area contributed by atoms with Crippen molar-refractivity contribution in [1.29, 1.82) is 5.26 Å². The van der Waals surface area contributed by atoms with Crippen LogP contribution in [0.5, 0.6) is 5.75 Å². The molecule has 0 aromatic heterocycles. The number of carbonyl (C=O) groups excluding carboxylic acids is 2. The van der Waals surface area contributed by atoms with E-state index in [1.165, 1.54) is 19.1 Å². The lowest BCUT2D eigenvalue weighted by atomic mass is 9.81. The van der Waals surface area contributed by atoms with Crippen LogP contribution in [0.2, 0.25) is 0 Å². The number of benzene rings is 3. The van der Waals surface area contributed by atoms with E-state index >= 15 is 0 Å². The molecule has 186 valence electrons. The smallest absolute Gasteiger partial charge is 0.355 e. The zero-order valence-electron chi connectivity index (χ0n) is 20.4. The molecule has 0 radical (unpaired) electrons. The monoisotopic (exact) mass is 495 g/mol. The number of ether oxygens (including phenoxy) is 3. The van der Waals surface area contributed by atoms with Crippen molar-refractivity contribution in [3.05, 3.63) is 119 Å². The Morgan fingerprint density at radius 3 is 2.19 bits per heavy atom. The van der Waals surface area contributed by atoms with Crippen LogP contribution in [0.15, 0.2) is 108 Å². The van der Waals surface area contributed by atoms with E-state index in [4.69, 9.17) is 19.9 Å². The van der Waals surface area contributed by atoms with Crippen molar-refractivity contribution in [1.82, 2.24) is 0 Å². The Morgan fingerprint density at radius 2 is 1.57 bits per heavy atom. The van der Waals surface area contributed by atoms with Crippen LogP contribution in [0.3, 0.4) is 0 Å². The second kappa shape index (κ2) is 11.1. The predicted molar refractivity (Wildman–Crippen MR) is 137 cm³/mol. The van der Waals surface area contributed by atoms with Gasteiger partial charge in [0.15, 0.2) is 0 Å². The molecule has 0 saturated heterocycles. The third kappa shape index (κ3) is 5.02. The van der Waals surface area contributed by atoms with E-state index in [-0.39, 0.29) is 22.7 Å². The summed E-state index contributed by atoms with van der Waals surface area (Å²) in [4.78, 5) is 27.7. The molecule has 3 aromatic carbocycles. The zero-order valence-corrected chi connectivity index (χ0v) is 20.4. The maximum atomic E-state index is 13.2. The summed E-state index contributed by atoms with van der Waals surface area (Å²) in [5, 5.41) is 10.1. The Labute approximate surface area is 214 Å². The van der Waals surface area contributed by atoms with Gasteiger partial charge in [-0.05, 0) is 23.3 Å². The Balaban J connectivity index is 1.87. The van der Waals surface area contributed by atoms with Crippen LogP contribution >= 0.6 is 0 Å². The molecule has 4 rings (SSSR count). The molecule has 0 amide bonds. The maximum Gasteiger partial charge on any atom is 0.355 e. The van der Waals surface area contributed by atoms with Gasteiger partial charge in [0.2, 0.25) is 0 Å². The summed E-state index contributed by atoms with van der Waals surface area (Å²) in [5.41, 5.74) is 8.43. The number of hydrogen-bond acceptors (Lipinski definition) is 8. The molecular weight excluding hydrogens is 470 g/mol. The molecule has 37 heavy (non-hydrogen) atoms. The highest BCUT2D eigenvalue weighted by Crippen LogP contribution is 2.43. The molecule has 1 aliphatic rings. The molecule has 1 aliphatic heterocycles. The van der Waals surface area contributed by atoms with Gasteiger partial charge in [-0.3, -0.25) is 4.90 Å². The summed E-state index contributed by atoms with van der Waals surface area (Å²) >= 11 is 0. The standard InChI is InChI=1S/C29H25N3O5/c1-35-28(33)25-24(20-12-7-4-8-13-20)23(17-30)27(31)32(26(25)29(34)36-2)21-14-9-15-22(16-21)37-18-19-10-5-3-6-11-19/h3-16,24H,18,31H2,1-2H3. The highest BCUT2D eigenvalue weighted by atomic mass is 16.5. The molecule has 0 spiro atoms. The van der Waals surface area contributed by atoms with E-state index in [2.05, 4.69) is 6.07 Å². The first kappa shape index (κ1) is 25.1. The Bertz CT molecular complexity index is 1410. The largest absolute Gasteiger partial charge is 0.489 e. The molecule has 3 aromatic rings. The first-order valence-electron chi connectivity index (χ1n) is 11.4. The first-order chi connectivity index (χ1) is 18.0. The highest BCUT2D eigenvalue weighted by molar-refractivity contribution is 6.06. The van der Waals surface area contributed by atoms with E-state index in [0.717, 1.165) is 5.56 Å². The average Bonchev–Trinajstić information content (AvgIpc) is 2.95. The zero-order chi connectivity index (χ0) is 26.4. The SMILES string of the molecule is COC(=O)C1=C(C(=O)OC)N(c2cccc(OCc3ccccc3)c2)C(N)=C(C#N)C1c1ccccc1. The summed E-state index contributed by atoms with van der Waals surface area (Å²) < 4.78 is 16.1. The fraction of sp³-hybridized carbons (Fsp3) is 0.138. The van der Waals surface area contributed by atoms with Crippen molar-refractivity contribution in [2.24, 2.45) is 5.73 Å². The second-order valence-corrected chi connectivity index (χ2v) is 8.11. The highest BCUT2D eigenvalue weighted by Gasteiger charge is 2.43. The van der Waals surface area contributed by atoms with Gasteiger partial charge in [-0.1, -0.05) is 66.7 Å². The summed E-state index contributed by atoms with van der Waals surface area (Å²) in [6.45, 7) is 0.322. The number of anilines is 1. The van der Waals surface area contributed by atoms with Crippen molar-refractivity contribution in [3.8, 4) is 11.8 Å². The van der Waals surface area contributed by atoms with E-state index in [9.17, 15) is 14.9 Å². The summed E-state index contributed by atoms with van der Waals surface area (Å²) in [6, 6.07) is 27.5. The molecule has 1 unspecified atom stereocenters. The summed E-state index contributed by atoms with van der Waals surface area (Å²) in [6.07, 6.45) is 0. The molecule has 0 aliphatic carbocycles. The van der Waals surface area contributed by atoms with Crippen LogP contribution in [0.4, 0.5) is 5.69 Å². The molecule has 1 atom stereocenters. The van der Waals surface area contributed by atoms with Crippen molar-refractivity contribution < 1.29 is 23.8 Å². The molecule has 0 fully saturated rings. The predicted octanol–water partition coefficient (Wildman–Crippen LogP) is 4.16. The number of allylic oxidation sites excluding steroid dienone is 1. The minimum absolute atomic E-state index is 0.00962. The number of esters is 2. The van der Waals surface area contributed by atoms with Crippen LogP contribution in [-0.4, -0.2) is 26.2 Å². The lowest BCUT2D eigenvalue weighted by Gasteiger charge is -2.36. The fourth-order valence-corrected chi connectivity index (χ4v) is 4.23. The lowest BCUT2D eigenvalue weighted by molar-refractivity contribution is -0.139. The van der Waals surface area contributed by atoms with E-state index in [0.29, 0.717) is 23.6 Å². The Morgan fingerprint density at radius 1 is 0.919 bits per heavy atom. The maximum absolute atomic E-state index is 13.2. The molecular formula is C29H25N3O5. The van der Waals surface area contributed by atoms with Gasteiger partial charge in [-0.15, -0.1) is 0 Å². The lowest BCUT2D eigenvalue weighted by Crippen LogP contribution is -2.40. The Kier molecular flexibility index (Phi) is 7.55. The Hall–Kier alpha value is -5.03. The van der Waals surface area contributed by atoms with E-state index in [1.807, 2.05) is 30.3 Å². The van der Waals surface area contributed by atoms with Crippen LogP contribution in [-0.2, 0) is 25.7 Å². The molecule has 1 heterocycles. The quantitative estimate of drug-likeness (QED) is 0.486. The number of nitrogens with two attached hydrogens (primary N) is 1. The number of carbonyl (C=O) groups is 2. The molecule has 8 nitrogen and oxygen atoms in total. The van der Waals surface area contributed by atoms with Gasteiger partial charge in [-0.25, -0.2) is 9.59 Å². The van der Waals surface area contributed by atoms with Gasteiger partial charge in [0, 0.05) is 6.07 Å². The minimum Gasteiger partial charge on any atom is -0.489 e. The number of nitrogens with zero attached hydrogens (tertiary/aromatic N) is 2. The van der Waals surface area contributed by atoms with Crippen molar-refractivity contribution in [3.63, 3.8) is 0 Å². The van der Waals surface area contributed by atoms with Crippen LogP contribution in [0, 0.1) is 11.3 Å². The van der Waals surface area contributed by atoms with Gasteiger partial charge < -0.3 is 19.9 Å². The van der Waals surface area contributed by atoms with Crippen LogP contribution < -0.4 is 15.4 Å².